The molecule has 0 radical (unpaired) electrons. The standard InChI is InChI=1S/C18H19N3O4/c1-23-12-7-5-11(6-8-12)17-16(20-10-24-17)18(22)19-9-14-13-3-2-4-15(13)25-21-14/h5-8,10,13,15H,2-4,9H2,1H3,(H,19,22). The second-order valence-corrected chi connectivity index (χ2v) is 6.21. The Bertz CT molecular complexity index is 797. The van der Waals surface area contributed by atoms with Crippen LogP contribution in [0.5, 0.6) is 5.75 Å². The molecule has 0 spiro atoms. The average Bonchev–Trinajstić information content (AvgIpc) is 3.36. The quantitative estimate of drug-likeness (QED) is 0.903. The van der Waals surface area contributed by atoms with Gasteiger partial charge in [0.2, 0.25) is 0 Å². The molecule has 1 amide bonds. The third-order valence-electron chi connectivity index (χ3n) is 4.75. The normalized spacial score (nSPS) is 21.4. The summed E-state index contributed by atoms with van der Waals surface area (Å²) in [6, 6.07) is 7.27. The molecule has 2 aromatic rings. The van der Waals surface area contributed by atoms with Crippen molar-refractivity contribution in [3.63, 3.8) is 0 Å². The van der Waals surface area contributed by atoms with E-state index in [2.05, 4.69) is 15.5 Å². The van der Waals surface area contributed by atoms with Crippen molar-refractivity contribution in [3.8, 4) is 17.1 Å². The lowest BCUT2D eigenvalue weighted by Gasteiger charge is -2.09. The van der Waals surface area contributed by atoms with Crippen LogP contribution >= 0.6 is 0 Å². The van der Waals surface area contributed by atoms with Crippen molar-refractivity contribution in [1.82, 2.24) is 10.3 Å². The molecular weight excluding hydrogens is 322 g/mol. The zero-order valence-electron chi connectivity index (χ0n) is 13.9. The first-order valence-electron chi connectivity index (χ1n) is 8.35. The minimum absolute atomic E-state index is 0.189. The summed E-state index contributed by atoms with van der Waals surface area (Å²) in [5, 5.41) is 6.99. The summed E-state index contributed by atoms with van der Waals surface area (Å²) < 4.78 is 10.6. The summed E-state index contributed by atoms with van der Waals surface area (Å²) in [5.41, 5.74) is 1.93. The molecule has 7 nitrogen and oxygen atoms in total. The van der Waals surface area contributed by atoms with Gasteiger partial charge in [-0.1, -0.05) is 5.16 Å². The number of nitrogens with one attached hydrogen (secondary N) is 1. The zero-order valence-corrected chi connectivity index (χ0v) is 13.9. The van der Waals surface area contributed by atoms with Crippen LogP contribution in [0.3, 0.4) is 0 Å². The number of oxime groups is 1. The van der Waals surface area contributed by atoms with Crippen molar-refractivity contribution in [2.24, 2.45) is 11.1 Å². The first-order chi connectivity index (χ1) is 12.3. The number of hydrogen-bond acceptors (Lipinski definition) is 6. The molecule has 1 aliphatic carbocycles. The summed E-state index contributed by atoms with van der Waals surface area (Å²) in [6.07, 6.45) is 4.72. The minimum Gasteiger partial charge on any atom is -0.497 e. The van der Waals surface area contributed by atoms with E-state index < -0.39 is 0 Å². The largest absolute Gasteiger partial charge is 0.497 e. The van der Waals surface area contributed by atoms with Gasteiger partial charge >= 0.3 is 0 Å². The Morgan fingerprint density at radius 2 is 2.16 bits per heavy atom. The van der Waals surface area contributed by atoms with Gasteiger partial charge in [-0.3, -0.25) is 4.79 Å². The number of rotatable bonds is 5. The lowest BCUT2D eigenvalue weighted by molar-refractivity contribution is 0.0746. The highest BCUT2D eigenvalue weighted by atomic mass is 16.6. The van der Waals surface area contributed by atoms with E-state index in [-0.39, 0.29) is 17.7 Å². The van der Waals surface area contributed by atoms with Crippen LogP contribution in [0, 0.1) is 5.92 Å². The summed E-state index contributed by atoms with van der Waals surface area (Å²) in [6.45, 7) is 0.370. The van der Waals surface area contributed by atoms with Crippen molar-refractivity contribution in [2.75, 3.05) is 13.7 Å². The van der Waals surface area contributed by atoms with Crippen LogP contribution < -0.4 is 10.1 Å². The maximum atomic E-state index is 12.5. The number of benzene rings is 1. The average molecular weight is 341 g/mol. The van der Waals surface area contributed by atoms with Crippen LogP contribution in [0.15, 0.2) is 40.2 Å². The van der Waals surface area contributed by atoms with Crippen LogP contribution in [0.4, 0.5) is 0 Å². The van der Waals surface area contributed by atoms with Gasteiger partial charge in [0.05, 0.1) is 19.4 Å². The molecule has 25 heavy (non-hydrogen) atoms. The molecule has 4 rings (SSSR count). The molecule has 0 saturated heterocycles. The van der Waals surface area contributed by atoms with Crippen molar-refractivity contribution in [2.45, 2.75) is 25.4 Å². The van der Waals surface area contributed by atoms with E-state index in [1.54, 1.807) is 7.11 Å². The maximum absolute atomic E-state index is 12.5. The molecule has 1 fully saturated rings. The molecule has 2 heterocycles. The molecule has 1 N–H and O–H groups in total. The summed E-state index contributed by atoms with van der Waals surface area (Å²) >= 11 is 0. The second kappa shape index (κ2) is 6.58. The molecule has 7 heteroatoms. The fourth-order valence-electron chi connectivity index (χ4n) is 3.41. The van der Waals surface area contributed by atoms with E-state index in [1.807, 2.05) is 24.3 Å². The van der Waals surface area contributed by atoms with E-state index in [1.165, 1.54) is 6.39 Å². The van der Waals surface area contributed by atoms with Gasteiger partial charge in [-0.2, -0.15) is 0 Å². The first kappa shape index (κ1) is 15.7. The molecular formula is C18H19N3O4. The maximum Gasteiger partial charge on any atom is 0.274 e. The Hall–Kier alpha value is -2.83. The highest BCUT2D eigenvalue weighted by Gasteiger charge is 2.38. The second-order valence-electron chi connectivity index (χ2n) is 6.21. The number of oxazole rings is 1. The molecule has 2 atom stereocenters. The number of carbonyl (C=O) groups excluding carboxylic acids is 1. The highest BCUT2D eigenvalue weighted by molar-refractivity contribution is 6.00. The van der Waals surface area contributed by atoms with Crippen molar-refractivity contribution in [1.29, 1.82) is 0 Å². The Morgan fingerprint density at radius 1 is 1.32 bits per heavy atom. The van der Waals surface area contributed by atoms with Crippen LogP contribution in [-0.2, 0) is 4.84 Å². The summed E-state index contributed by atoms with van der Waals surface area (Å²) in [5.74, 6) is 1.21. The smallest absolute Gasteiger partial charge is 0.274 e. The topological polar surface area (TPSA) is 86.0 Å². The summed E-state index contributed by atoms with van der Waals surface area (Å²) in [7, 11) is 1.60. The fourth-order valence-corrected chi connectivity index (χ4v) is 3.41. The lowest BCUT2D eigenvalue weighted by atomic mass is 10.0. The number of fused-ring (bicyclic) bond motifs is 1. The van der Waals surface area contributed by atoms with Crippen molar-refractivity contribution < 1.29 is 18.8 Å². The Labute approximate surface area is 145 Å². The van der Waals surface area contributed by atoms with Gasteiger partial charge < -0.3 is 19.3 Å². The molecule has 2 aliphatic rings. The van der Waals surface area contributed by atoms with Crippen LogP contribution in [0.1, 0.15) is 29.8 Å². The van der Waals surface area contributed by atoms with E-state index in [0.717, 1.165) is 36.3 Å². The predicted molar refractivity (Wildman–Crippen MR) is 90.5 cm³/mol. The number of ether oxygens (including phenoxy) is 1. The first-order valence-corrected chi connectivity index (χ1v) is 8.35. The third kappa shape index (κ3) is 2.97. The molecule has 1 aromatic carbocycles. The van der Waals surface area contributed by atoms with Gasteiger partial charge in [-0.05, 0) is 43.5 Å². The molecule has 2 unspecified atom stereocenters. The number of aromatic nitrogens is 1. The van der Waals surface area contributed by atoms with Crippen LogP contribution in [0.25, 0.3) is 11.3 Å². The van der Waals surface area contributed by atoms with Crippen LogP contribution in [-0.4, -0.2) is 36.4 Å². The summed E-state index contributed by atoms with van der Waals surface area (Å²) in [4.78, 5) is 22.0. The fraction of sp³-hybridized carbons (Fsp3) is 0.389. The van der Waals surface area contributed by atoms with Gasteiger partial charge in [0.15, 0.2) is 17.8 Å². The third-order valence-corrected chi connectivity index (χ3v) is 4.75. The van der Waals surface area contributed by atoms with Crippen LogP contribution in [0.2, 0.25) is 0 Å². The Morgan fingerprint density at radius 3 is 2.96 bits per heavy atom. The van der Waals surface area contributed by atoms with Gasteiger partial charge in [-0.15, -0.1) is 0 Å². The van der Waals surface area contributed by atoms with E-state index in [9.17, 15) is 4.79 Å². The molecule has 1 aliphatic heterocycles. The monoisotopic (exact) mass is 341 g/mol. The predicted octanol–water partition coefficient (Wildman–Crippen LogP) is 2.63. The van der Waals surface area contributed by atoms with Crippen molar-refractivity contribution in [3.05, 3.63) is 36.4 Å². The molecule has 130 valence electrons. The Kier molecular flexibility index (Phi) is 4.13. The van der Waals surface area contributed by atoms with Gasteiger partial charge in [-0.25, -0.2) is 4.98 Å². The van der Waals surface area contributed by atoms with Gasteiger partial charge in [0.1, 0.15) is 11.9 Å². The Balaban J connectivity index is 1.45. The number of nitrogens with zero attached hydrogens (tertiary/aromatic N) is 2. The van der Waals surface area contributed by atoms with Crippen molar-refractivity contribution >= 4 is 11.6 Å². The van der Waals surface area contributed by atoms with Gasteiger partial charge in [0.25, 0.3) is 5.91 Å². The minimum atomic E-state index is -0.288. The lowest BCUT2D eigenvalue weighted by Crippen LogP contribution is -2.33. The zero-order chi connectivity index (χ0) is 17.2. The number of hydrogen-bond donors (Lipinski definition) is 1. The van der Waals surface area contributed by atoms with Gasteiger partial charge in [0, 0.05) is 11.5 Å². The number of carbonyl (C=O) groups is 1. The highest BCUT2D eigenvalue weighted by Crippen LogP contribution is 2.33. The number of amides is 1. The SMILES string of the molecule is COc1ccc(-c2ocnc2C(=O)NCC2=NOC3CCCC23)cc1. The van der Waals surface area contributed by atoms with E-state index in [4.69, 9.17) is 14.0 Å². The number of methoxy groups -OCH3 is 1. The molecule has 1 saturated carbocycles. The van der Waals surface area contributed by atoms with E-state index >= 15 is 0 Å². The molecule has 0 bridgehead atoms. The van der Waals surface area contributed by atoms with E-state index in [0.29, 0.717) is 18.2 Å². The molecule has 1 aromatic heterocycles.